The fourth-order valence-electron chi connectivity index (χ4n) is 2.87. The highest BCUT2D eigenvalue weighted by Gasteiger charge is 2.18. The molecule has 0 fully saturated rings. The van der Waals surface area contributed by atoms with Crippen molar-refractivity contribution in [2.75, 3.05) is 4.90 Å². The molecule has 3 heteroatoms. The van der Waals surface area contributed by atoms with Gasteiger partial charge in [-0.1, -0.05) is 48.6 Å². The monoisotopic (exact) mass is 315 g/mol. The van der Waals surface area contributed by atoms with Gasteiger partial charge in [0.25, 0.3) is 0 Å². The second-order valence-electron chi connectivity index (χ2n) is 5.68. The van der Waals surface area contributed by atoms with Crippen LogP contribution in [-0.4, -0.2) is 6.21 Å². The predicted molar refractivity (Wildman–Crippen MR) is 101 cm³/mol. The van der Waals surface area contributed by atoms with Crippen LogP contribution in [0.2, 0.25) is 0 Å². The van der Waals surface area contributed by atoms with Crippen LogP contribution in [0.5, 0.6) is 0 Å². The van der Waals surface area contributed by atoms with Gasteiger partial charge in [-0.15, -0.1) is 0 Å². The third-order valence-electron chi connectivity index (χ3n) is 4.04. The Morgan fingerprint density at radius 2 is 1.58 bits per heavy atom. The first-order valence-corrected chi connectivity index (χ1v) is 8.04. The zero-order valence-corrected chi connectivity index (χ0v) is 13.5. The zero-order valence-electron chi connectivity index (χ0n) is 13.5. The molecule has 1 aliphatic carbocycles. The van der Waals surface area contributed by atoms with Crippen LogP contribution in [0.1, 0.15) is 6.42 Å². The summed E-state index contributed by atoms with van der Waals surface area (Å²) in [5.41, 5.74) is 10.1. The van der Waals surface area contributed by atoms with E-state index in [4.69, 9.17) is 11.1 Å². The van der Waals surface area contributed by atoms with Crippen molar-refractivity contribution in [3.8, 4) is 0 Å². The van der Waals surface area contributed by atoms with E-state index in [0.717, 1.165) is 23.5 Å². The molecule has 0 radical (unpaired) electrons. The highest BCUT2D eigenvalue weighted by atomic mass is 15.1. The summed E-state index contributed by atoms with van der Waals surface area (Å²) in [4.78, 5) is 2.22. The van der Waals surface area contributed by atoms with Crippen molar-refractivity contribution in [2.24, 2.45) is 11.7 Å². The highest BCUT2D eigenvalue weighted by molar-refractivity contribution is 5.71. The van der Waals surface area contributed by atoms with Crippen molar-refractivity contribution in [2.45, 2.75) is 6.42 Å². The van der Waals surface area contributed by atoms with Crippen molar-refractivity contribution in [3.63, 3.8) is 0 Å². The summed E-state index contributed by atoms with van der Waals surface area (Å²) in [6.45, 7) is 0. The Labute approximate surface area is 142 Å². The van der Waals surface area contributed by atoms with Gasteiger partial charge in [-0.05, 0) is 42.8 Å². The molecule has 2 aromatic rings. The Hall–Kier alpha value is -3.07. The van der Waals surface area contributed by atoms with Crippen molar-refractivity contribution < 1.29 is 0 Å². The van der Waals surface area contributed by atoms with Crippen molar-refractivity contribution in [3.05, 3.63) is 96.4 Å². The molecule has 0 aromatic heterocycles. The maximum atomic E-state index is 7.23. The number of benzene rings is 2. The van der Waals surface area contributed by atoms with E-state index in [2.05, 4.69) is 47.4 Å². The molecule has 2 aromatic carbocycles. The first-order valence-electron chi connectivity index (χ1n) is 8.04. The molecule has 0 spiro atoms. The van der Waals surface area contributed by atoms with E-state index >= 15 is 0 Å². The highest BCUT2D eigenvalue weighted by Crippen LogP contribution is 2.33. The standard InChI is InChI=1S/C21H21N3/c22-15-14-21(23)17-8-7-13-20(16-17)24(18-9-3-1-4-10-18)19-11-5-2-6-12-19/h1-7,9-17,22H,8,23H2. The van der Waals surface area contributed by atoms with Crippen molar-refractivity contribution >= 4 is 17.6 Å². The molecule has 1 aliphatic rings. The van der Waals surface area contributed by atoms with Gasteiger partial charge in [0.1, 0.15) is 0 Å². The largest absolute Gasteiger partial charge is 0.402 e. The van der Waals surface area contributed by atoms with Crippen LogP contribution in [0, 0.1) is 11.3 Å². The summed E-state index contributed by atoms with van der Waals surface area (Å²) in [5, 5.41) is 7.23. The number of allylic oxidation sites excluding steroid dienone is 4. The Bertz CT molecular complexity index is 734. The average molecular weight is 315 g/mol. The minimum atomic E-state index is 0.113. The molecule has 120 valence electrons. The first kappa shape index (κ1) is 15.8. The van der Waals surface area contributed by atoms with E-state index in [-0.39, 0.29) is 5.92 Å². The average Bonchev–Trinajstić information content (AvgIpc) is 2.64. The number of anilines is 2. The van der Waals surface area contributed by atoms with Crippen LogP contribution >= 0.6 is 0 Å². The second kappa shape index (κ2) is 7.47. The minimum Gasteiger partial charge on any atom is -0.402 e. The quantitative estimate of drug-likeness (QED) is 0.780. The number of hydrogen-bond donors (Lipinski definition) is 2. The molecule has 3 N–H and O–H groups in total. The molecule has 0 bridgehead atoms. The van der Waals surface area contributed by atoms with Gasteiger partial charge in [-0.2, -0.15) is 0 Å². The third-order valence-corrected chi connectivity index (χ3v) is 4.04. The number of nitrogens with zero attached hydrogens (tertiary/aromatic N) is 1. The van der Waals surface area contributed by atoms with Gasteiger partial charge in [0.15, 0.2) is 0 Å². The Morgan fingerprint density at radius 1 is 1.00 bits per heavy atom. The van der Waals surface area contributed by atoms with Crippen LogP contribution in [0.15, 0.2) is 96.4 Å². The lowest BCUT2D eigenvalue weighted by atomic mass is 9.95. The number of nitrogens with two attached hydrogens (primary N) is 1. The fourth-order valence-corrected chi connectivity index (χ4v) is 2.87. The van der Waals surface area contributed by atoms with E-state index in [1.54, 1.807) is 6.08 Å². The Balaban J connectivity index is 2.04. The normalized spacial score (nSPS) is 17.2. The molecular weight excluding hydrogens is 294 g/mol. The minimum absolute atomic E-state index is 0.113. The summed E-state index contributed by atoms with van der Waals surface area (Å²) in [6.07, 6.45) is 10.2. The van der Waals surface area contributed by atoms with Gasteiger partial charge >= 0.3 is 0 Å². The molecule has 0 saturated heterocycles. The summed E-state index contributed by atoms with van der Waals surface area (Å²) in [6, 6.07) is 20.6. The predicted octanol–water partition coefficient (Wildman–Crippen LogP) is 4.78. The van der Waals surface area contributed by atoms with Crippen LogP contribution < -0.4 is 10.6 Å². The van der Waals surface area contributed by atoms with Gasteiger partial charge < -0.3 is 16.0 Å². The Kier molecular flexibility index (Phi) is 4.92. The van der Waals surface area contributed by atoms with E-state index in [1.807, 2.05) is 36.4 Å². The van der Waals surface area contributed by atoms with Crippen molar-refractivity contribution in [1.82, 2.24) is 0 Å². The Morgan fingerprint density at radius 3 is 2.12 bits per heavy atom. The lowest BCUT2D eigenvalue weighted by molar-refractivity contribution is 0.746. The molecule has 1 unspecified atom stereocenters. The zero-order chi connectivity index (χ0) is 16.8. The topological polar surface area (TPSA) is 53.1 Å². The van der Waals surface area contributed by atoms with Gasteiger partial charge in [0.2, 0.25) is 0 Å². The van der Waals surface area contributed by atoms with Crippen molar-refractivity contribution in [1.29, 1.82) is 5.41 Å². The van der Waals surface area contributed by atoms with Crippen LogP contribution in [0.25, 0.3) is 0 Å². The lowest BCUT2D eigenvalue weighted by Crippen LogP contribution is -2.20. The summed E-state index contributed by atoms with van der Waals surface area (Å²) < 4.78 is 0. The summed E-state index contributed by atoms with van der Waals surface area (Å²) in [7, 11) is 0. The molecule has 0 heterocycles. The molecular formula is C21H21N3. The maximum Gasteiger partial charge on any atom is 0.0461 e. The first-order chi connectivity index (χ1) is 11.8. The van der Waals surface area contributed by atoms with E-state index in [9.17, 15) is 0 Å². The van der Waals surface area contributed by atoms with Crippen LogP contribution in [-0.2, 0) is 0 Å². The SMILES string of the molecule is N=CC=C(N)C1C=C(N(c2ccccc2)c2ccccc2)C=CC1. The third kappa shape index (κ3) is 3.46. The molecule has 1 atom stereocenters. The smallest absolute Gasteiger partial charge is 0.0461 e. The van der Waals surface area contributed by atoms with Crippen LogP contribution in [0.3, 0.4) is 0 Å². The lowest BCUT2D eigenvalue weighted by Gasteiger charge is -2.29. The number of hydrogen-bond acceptors (Lipinski definition) is 3. The molecule has 3 rings (SSSR count). The van der Waals surface area contributed by atoms with E-state index < -0.39 is 0 Å². The maximum absolute atomic E-state index is 7.23. The number of rotatable bonds is 5. The number of nitrogens with one attached hydrogen (secondary N) is 1. The van der Waals surface area contributed by atoms with E-state index in [0.29, 0.717) is 5.70 Å². The van der Waals surface area contributed by atoms with Gasteiger partial charge in [-0.25, -0.2) is 0 Å². The molecule has 0 saturated carbocycles. The van der Waals surface area contributed by atoms with E-state index in [1.165, 1.54) is 6.21 Å². The number of para-hydroxylation sites is 2. The second-order valence-corrected chi connectivity index (χ2v) is 5.68. The van der Waals surface area contributed by atoms with Crippen LogP contribution in [0.4, 0.5) is 11.4 Å². The summed E-state index contributed by atoms with van der Waals surface area (Å²) >= 11 is 0. The van der Waals surface area contributed by atoms with Gasteiger partial charge in [-0.3, -0.25) is 0 Å². The molecule has 3 nitrogen and oxygen atoms in total. The molecule has 0 amide bonds. The summed E-state index contributed by atoms with van der Waals surface area (Å²) in [5.74, 6) is 0.113. The molecule has 0 aliphatic heterocycles. The fraction of sp³-hybridized carbons (Fsp3) is 0.0952. The van der Waals surface area contributed by atoms with Gasteiger partial charge in [0, 0.05) is 34.9 Å². The van der Waals surface area contributed by atoms with Gasteiger partial charge in [0.05, 0.1) is 0 Å². The molecule has 24 heavy (non-hydrogen) atoms.